The van der Waals surface area contributed by atoms with Crippen LogP contribution in [-0.4, -0.2) is 41.9 Å². The number of nitrogens with zero attached hydrogens (tertiary/aromatic N) is 1. The summed E-state index contributed by atoms with van der Waals surface area (Å²) in [6, 6.07) is 0. The zero-order valence-electron chi connectivity index (χ0n) is 13.4. The molecule has 4 nitrogen and oxygen atoms in total. The maximum Gasteiger partial charge on any atom is 0.410 e. The van der Waals surface area contributed by atoms with Crippen LogP contribution in [0.15, 0.2) is 0 Å². The van der Waals surface area contributed by atoms with Crippen molar-refractivity contribution in [2.45, 2.75) is 71.0 Å². The Hall–Kier alpha value is -0.770. The lowest BCUT2D eigenvalue weighted by Gasteiger charge is -2.33. The number of carbonyl (C=O) groups is 1. The molecule has 0 radical (unpaired) electrons. The topological polar surface area (TPSA) is 38.8 Å². The van der Waals surface area contributed by atoms with Gasteiger partial charge in [-0.05, 0) is 52.4 Å². The van der Waals surface area contributed by atoms with Crippen molar-refractivity contribution < 1.29 is 14.3 Å². The highest BCUT2D eigenvalue weighted by molar-refractivity contribution is 5.68. The standard InChI is InChI=1S/C16H29NO3/c1-5-16(19-11-13-7-6-8-13)9-10-17(12-16)14(18)20-15(2,3)4/h13H,5-12H2,1-4H3. The predicted octanol–water partition coefficient (Wildman–Crippen LogP) is 3.59. The third-order valence-electron chi connectivity index (χ3n) is 4.46. The zero-order valence-corrected chi connectivity index (χ0v) is 13.4. The number of hydrogen-bond acceptors (Lipinski definition) is 3. The van der Waals surface area contributed by atoms with Crippen LogP contribution in [0.25, 0.3) is 0 Å². The van der Waals surface area contributed by atoms with Gasteiger partial charge in [0.15, 0.2) is 0 Å². The molecule has 0 spiro atoms. The Labute approximate surface area is 122 Å². The average Bonchev–Trinajstić information content (AvgIpc) is 2.70. The molecule has 1 saturated carbocycles. The summed E-state index contributed by atoms with van der Waals surface area (Å²) in [5.74, 6) is 0.744. The van der Waals surface area contributed by atoms with Gasteiger partial charge in [-0.25, -0.2) is 4.79 Å². The monoisotopic (exact) mass is 283 g/mol. The highest BCUT2D eigenvalue weighted by Gasteiger charge is 2.41. The van der Waals surface area contributed by atoms with E-state index in [1.807, 2.05) is 20.8 Å². The van der Waals surface area contributed by atoms with E-state index in [0.29, 0.717) is 6.54 Å². The minimum Gasteiger partial charge on any atom is -0.444 e. The Kier molecular flexibility index (Phi) is 4.62. The highest BCUT2D eigenvalue weighted by atomic mass is 16.6. The molecule has 4 heteroatoms. The summed E-state index contributed by atoms with van der Waals surface area (Å²) in [5, 5.41) is 0. The van der Waals surface area contributed by atoms with Crippen LogP contribution >= 0.6 is 0 Å². The van der Waals surface area contributed by atoms with E-state index in [1.54, 1.807) is 4.90 Å². The van der Waals surface area contributed by atoms with Gasteiger partial charge < -0.3 is 14.4 Å². The Morgan fingerprint density at radius 1 is 1.35 bits per heavy atom. The Bertz CT molecular complexity index is 346. The minimum atomic E-state index is -0.429. The molecule has 1 heterocycles. The smallest absolute Gasteiger partial charge is 0.410 e. The second kappa shape index (κ2) is 5.92. The molecule has 2 fully saturated rings. The van der Waals surface area contributed by atoms with Crippen molar-refractivity contribution in [3.63, 3.8) is 0 Å². The number of amides is 1. The van der Waals surface area contributed by atoms with Crippen LogP contribution in [-0.2, 0) is 9.47 Å². The SMILES string of the molecule is CCC1(OCC2CCC2)CCN(C(=O)OC(C)(C)C)C1. The van der Waals surface area contributed by atoms with Crippen LogP contribution in [0.1, 0.15) is 59.8 Å². The van der Waals surface area contributed by atoms with Crippen molar-refractivity contribution in [1.82, 2.24) is 4.90 Å². The zero-order chi connectivity index (χ0) is 14.8. The van der Waals surface area contributed by atoms with E-state index in [1.165, 1.54) is 19.3 Å². The van der Waals surface area contributed by atoms with Gasteiger partial charge in [0.05, 0.1) is 18.8 Å². The Morgan fingerprint density at radius 2 is 2.05 bits per heavy atom. The van der Waals surface area contributed by atoms with Crippen molar-refractivity contribution in [3.8, 4) is 0 Å². The molecule has 2 rings (SSSR count). The predicted molar refractivity (Wildman–Crippen MR) is 78.7 cm³/mol. The molecule has 1 amide bonds. The number of hydrogen-bond donors (Lipinski definition) is 0. The van der Waals surface area contributed by atoms with Gasteiger partial charge in [-0.2, -0.15) is 0 Å². The molecule has 0 aromatic carbocycles. The van der Waals surface area contributed by atoms with Gasteiger partial charge in [0, 0.05) is 6.54 Å². The fourth-order valence-corrected chi connectivity index (χ4v) is 2.79. The quantitative estimate of drug-likeness (QED) is 0.791. The van der Waals surface area contributed by atoms with Crippen LogP contribution in [0.2, 0.25) is 0 Å². The molecular formula is C16H29NO3. The summed E-state index contributed by atoms with van der Waals surface area (Å²) >= 11 is 0. The van der Waals surface area contributed by atoms with Crippen molar-refractivity contribution in [2.24, 2.45) is 5.92 Å². The van der Waals surface area contributed by atoms with Gasteiger partial charge in [-0.15, -0.1) is 0 Å². The van der Waals surface area contributed by atoms with Crippen molar-refractivity contribution in [2.75, 3.05) is 19.7 Å². The lowest BCUT2D eigenvalue weighted by atomic mass is 9.86. The number of ether oxygens (including phenoxy) is 2. The molecule has 116 valence electrons. The van der Waals surface area contributed by atoms with E-state index in [-0.39, 0.29) is 11.7 Å². The van der Waals surface area contributed by atoms with Crippen LogP contribution in [0.5, 0.6) is 0 Å². The van der Waals surface area contributed by atoms with Crippen LogP contribution < -0.4 is 0 Å². The van der Waals surface area contributed by atoms with Crippen LogP contribution in [0, 0.1) is 5.92 Å². The molecule has 0 aromatic heterocycles. The van der Waals surface area contributed by atoms with Gasteiger partial charge in [0.2, 0.25) is 0 Å². The molecule has 0 bridgehead atoms. The first kappa shape index (κ1) is 15.6. The fraction of sp³-hybridized carbons (Fsp3) is 0.938. The summed E-state index contributed by atoms with van der Waals surface area (Å²) in [4.78, 5) is 13.9. The first-order chi connectivity index (χ1) is 9.34. The van der Waals surface area contributed by atoms with E-state index in [4.69, 9.17) is 9.47 Å². The molecule has 1 aliphatic carbocycles. The average molecular weight is 283 g/mol. The number of rotatable bonds is 4. The molecule has 1 unspecified atom stereocenters. The summed E-state index contributed by atoms with van der Waals surface area (Å²) in [6.07, 6.45) is 5.62. The first-order valence-corrected chi connectivity index (χ1v) is 7.95. The summed E-state index contributed by atoms with van der Waals surface area (Å²) < 4.78 is 11.7. The maximum absolute atomic E-state index is 12.1. The van der Waals surface area contributed by atoms with Gasteiger partial charge in [0.1, 0.15) is 5.60 Å². The summed E-state index contributed by atoms with van der Waals surface area (Å²) in [5.41, 5.74) is -0.576. The van der Waals surface area contributed by atoms with E-state index in [2.05, 4.69) is 6.92 Å². The molecule has 2 aliphatic rings. The van der Waals surface area contributed by atoms with E-state index in [0.717, 1.165) is 31.9 Å². The third-order valence-corrected chi connectivity index (χ3v) is 4.46. The maximum atomic E-state index is 12.1. The van der Waals surface area contributed by atoms with Crippen molar-refractivity contribution in [1.29, 1.82) is 0 Å². The number of carbonyl (C=O) groups excluding carboxylic acids is 1. The summed E-state index contributed by atoms with van der Waals surface area (Å²) in [6.45, 7) is 10.1. The van der Waals surface area contributed by atoms with Gasteiger partial charge >= 0.3 is 6.09 Å². The van der Waals surface area contributed by atoms with Crippen molar-refractivity contribution in [3.05, 3.63) is 0 Å². The Morgan fingerprint density at radius 3 is 2.55 bits per heavy atom. The molecule has 0 aromatic rings. The molecule has 0 N–H and O–H groups in total. The Balaban J connectivity index is 1.85. The molecule has 1 aliphatic heterocycles. The molecule has 1 saturated heterocycles. The van der Waals surface area contributed by atoms with E-state index in [9.17, 15) is 4.79 Å². The van der Waals surface area contributed by atoms with Gasteiger partial charge in [0.25, 0.3) is 0 Å². The van der Waals surface area contributed by atoms with Gasteiger partial charge in [-0.3, -0.25) is 0 Å². The van der Waals surface area contributed by atoms with Gasteiger partial charge in [-0.1, -0.05) is 13.3 Å². The number of likely N-dealkylation sites (tertiary alicyclic amines) is 1. The van der Waals surface area contributed by atoms with Crippen molar-refractivity contribution >= 4 is 6.09 Å². The minimum absolute atomic E-state index is 0.146. The molecule has 1 atom stereocenters. The highest BCUT2D eigenvalue weighted by Crippen LogP contribution is 2.33. The normalized spacial score (nSPS) is 27.5. The van der Waals surface area contributed by atoms with Crippen LogP contribution in [0.3, 0.4) is 0 Å². The third kappa shape index (κ3) is 3.87. The first-order valence-electron chi connectivity index (χ1n) is 7.95. The summed E-state index contributed by atoms with van der Waals surface area (Å²) in [7, 11) is 0. The molecular weight excluding hydrogens is 254 g/mol. The molecule has 20 heavy (non-hydrogen) atoms. The van der Waals surface area contributed by atoms with E-state index >= 15 is 0 Å². The largest absolute Gasteiger partial charge is 0.444 e. The fourth-order valence-electron chi connectivity index (χ4n) is 2.79. The second-order valence-electron chi connectivity index (χ2n) is 7.30. The lowest BCUT2D eigenvalue weighted by molar-refractivity contribution is -0.0668. The second-order valence-corrected chi connectivity index (χ2v) is 7.30. The van der Waals surface area contributed by atoms with Crippen LogP contribution in [0.4, 0.5) is 4.79 Å². The lowest BCUT2D eigenvalue weighted by Crippen LogP contribution is -2.41. The van der Waals surface area contributed by atoms with E-state index < -0.39 is 5.60 Å².